The number of nitrogens with zero attached hydrogens (tertiary/aromatic N) is 1. The standard InChI is InChI=1S/C24H15BrClF2NO3S/c25-19-9-15(3-8-21(19)32-13-14-1-5-17(27)6-2-14)10-22-23(30)29(24(31)33-22)12-16-4-7-18(28)11-20(16)26/h1-11H,12-13H2/b22-10-. The first-order valence-corrected chi connectivity index (χ1v) is 11.6. The van der Waals surface area contributed by atoms with Crippen LogP contribution in [0, 0.1) is 11.6 Å². The first-order chi connectivity index (χ1) is 15.8. The normalized spacial score (nSPS) is 14.9. The van der Waals surface area contributed by atoms with Crippen molar-refractivity contribution >= 4 is 56.5 Å². The number of hydrogen-bond donors (Lipinski definition) is 0. The monoisotopic (exact) mass is 549 g/mol. The topological polar surface area (TPSA) is 46.6 Å². The zero-order valence-corrected chi connectivity index (χ0v) is 20.0. The van der Waals surface area contributed by atoms with Gasteiger partial charge in [0.25, 0.3) is 11.1 Å². The van der Waals surface area contributed by atoms with Crippen molar-refractivity contribution in [2.45, 2.75) is 13.2 Å². The van der Waals surface area contributed by atoms with Crippen LogP contribution in [-0.2, 0) is 17.9 Å². The molecule has 0 bridgehead atoms. The minimum absolute atomic E-state index is 0.0407. The smallest absolute Gasteiger partial charge is 0.293 e. The lowest BCUT2D eigenvalue weighted by Gasteiger charge is -2.13. The van der Waals surface area contributed by atoms with Gasteiger partial charge in [-0.25, -0.2) is 8.78 Å². The second-order valence-electron chi connectivity index (χ2n) is 7.11. The number of amides is 2. The van der Waals surface area contributed by atoms with E-state index in [1.54, 1.807) is 36.4 Å². The number of halogens is 4. The molecule has 2 amide bonds. The maximum atomic E-state index is 13.3. The van der Waals surface area contributed by atoms with Gasteiger partial charge in [-0.3, -0.25) is 14.5 Å². The van der Waals surface area contributed by atoms with Crippen LogP contribution in [0.4, 0.5) is 13.6 Å². The van der Waals surface area contributed by atoms with Gasteiger partial charge in [-0.2, -0.15) is 0 Å². The lowest BCUT2D eigenvalue weighted by Crippen LogP contribution is -2.27. The Kier molecular flexibility index (Phi) is 7.17. The molecule has 1 aliphatic heterocycles. The number of thioether (sulfide) groups is 1. The van der Waals surface area contributed by atoms with Crippen molar-refractivity contribution < 1.29 is 23.1 Å². The molecule has 4 nitrogen and oxygen atoms in total. The fraction of sp³-hybridized carbons (Fsp3) is 0.0833. The number of ether oxygens (including phenoxy) is 1. The third-order valence-electron chi connectivity index (χ3n) is 4.78. The van der Waals surface area contributed by atoms with E-state index < -0.39 is 17.0 Å². The summed E-state index contributed by atoms with van der Waals surface area (Å²) in [5.74, 6) is -0.670. The molecule has 33 heavy (non-hydrogen) atoms. The van der Waals surface area contributed by atoms with Crippen LogP contribution in [0.5, 0.6) is 5.75 Å². The lowest BCUT2D eigenvalue weighted by atomic mass is 10.2. The minimum Gasteiger partial charge on any atom is -0.488 e. The zero-order chi connectivity index (χ0) is 23.5. The molecule has 3 aromatic rings. The Bertz CT molecular complexity index is 1270. The average Bonchev–Trinajstić information content (AvgIpc) is 3.03. The van der Waals surface area contributed by atoms with Crippen molar-refractivity contribution in [2.75, 3.05) is 0 Å². The van der Waals surface area contributed by atoms with Crippen LogP contribution in [0.2, 0.25) is 5.02 Å². The number of imide groups is 1. The van der Waals surface area contributed by atoms with Crippen molar-refractivity contribution in [3.63, 3.8) is 0 Å². The third-order valence-corrected chi connectivity index (χ3v) is 6.66. The van der Waals surface area contributed by atoms with E-state index in [1.165, 1.54) is 24.3 Å². The summed E-state index contributed by atoms with van der Waals surface area (Å²) in [5.41, 5.74) is 2.00. The third kappa shape index (κ3) is 5.63. The number of benzene rings is 3. The van der Waals surface area contributed by atoms with Crippen molar-refractivity contribution in [3.8, 4) is 5.75 Å². The highest BCUT2D eigenvalue weighted by atomic mass is 79.9. The molecule has 0 spiro atoms. The largest absolute Gasteiger partial charge is 0.488 e. The summed E-state index contributed by atoms with van der Waals surface area (Å²) in [7, 11) is 0. The van der Waals surface area contributed by atoms with E-state index in [1.807, 2.05) is 0 Å². The number of hydrogen-bond acceptors (Lipinski definition) is 4. The van der Waals surface area contributed by atoms with Gasteiger partial charge in [0.15, 0.2) is 0 Å². The molecular weight excluding hydrogens is 536 g/mol. The van der Waals surface area contributed by atoms with E-state index in [9.17, 15) is 18.4 Å². The van der Waals surface area contributed by atoms with E-state index in [4.69, 9.17) is 16.3 Å². The van der Waals surface area contributed by atoms with Crippen molar-refractivity contribution in [1.82, 2.24) is 4.90 Å². The van der Waals surface area contributed by atoms with Gasteiger partial charge in [0.1, 0.15) is 24.0 Å². The summed E-state index contributed by atoms with van der Waals surface area (Å²) in [5, 5.41) is -0.275. The summed E-state index contributed by atoms with van der Waals surface area (Å²) >= 11 is 10.3. The van der Waals surface area contributed by atoms with Gasteiger partial charge in [0.2, 0.25) is 0 Å². The molecule has 3 aromatic carbocycles. The van der Waals surface area contributed by atoms with Gasteiger partial charge >= 0.3 is 0 Å². The van der Waals surface area contributed by atoms with Gasteiger partial charge < -0.3 is 4.74 Å². The predicted octanol–water partition coefficient (Wildman–Crippen LogP) is 7.20. The molecule has 9 heteroatoms. The highest BCUT2D eigenvalue weighted by molar-refractivity contribution is 9.10. The Morgan fingerprint density at radius 3 is 2.42 bits per heavy atom. The molecule has 1 saturated heterocycles. The summed E-state index contributed by atoms with van der Waals surface area (Å²) in [6, 6.07) is 15.1. The molecule has 0 N–H and O–H groups in total. The summed E-state index contributed by atoms with van der Waals surface area (Å²) in [6.07, 6.45) is 1.62. The SMILES string of the molecule is O=C1S/C(=C\c2ccc(OCc3ccc(F)cc3)c(Br)c2)C(=O)N1Cc1ccc(F)cc1Cl. The molecule has 0 unspecified atom stereocenters. The first kappa shape index (κ1) is 23.5. The van der Waals surface area contributed by atoms with Crippen LogP contribution in [0.25, 0.3) is 6.08 Å². The van der Waals surface area contributed by atoms with Crippen molar-refractivity contribution in [1.29, 1.82) is 0 Å². The fourth-order valence-corrected chi connectivity index (χ4v) is 4.65. The lowest BCUT2D eigenvalue weighted by molar-refractivity contribution is -0.123. The molecular formula is C24H15BrClF2NO3S. The van der Waals surface area contributed by atoms with Crippen molar-refractivity contribution in [2.24, 2.45) is 0 Å². The summed E-state index contributed by atoms with van der Waals surface area (Å²) < 4.78 is 32.7. The highest BCUT2D eigenvalue weighted by Crippen LogP contribution is 2.35. The Morgan fingerprint density at radius 2 is 1.73 bits per heavy atom. The van der Waals surface area contributed by atoms with E-state index in [-0.39, 0.29) is 28.9 Å². The Hall–Kier alpha value is -2.68. The Balaban J connectivity index is 1.45. The Morgan fingerprint density at radius 1 is 1.00 bits per heavy atom. The second-order valence-corrected chi connectivity index (χ2v) is 9.36. The molecule has 0 radical (unpaired) electrons. The van der Waals surface area contributed by atoms with Crippen LogP contribution >= 0.6 is 39.3 Å². The molecule has 0 aliphatic carbocycles. The molecule has 1 aliphatic rings. The molecule has 0 aromatic heterocycles. The quantitative estimate of drug-likeness (QED) is 0.305. The van der Waals surface area contributed by atoms with E-state index in [0.29, 0.717) is 21.3 Å². The van der Waals surface area contributed by atoms with Crippen LogP contribution in [0.15, 0.2) is 70.0 Å². The fourth-order valence-electron chi connectivity index (χ4n) is 3.07. The molecule has 168 valence electrons. The predicted molar refractivity (Wildman–Crippen MR) is 128 cm³/mol. The molecule has 1 fully saturated rings. The number of carbonyl (C=O) groups is 2. The van der Waals surface area contributed by atoms with Gasteiger partial charge in [-0.05, 0) is 86.9 Å². The summed E-state index contributed by atoms with van der Waals surface area (Å²) in [6.45, 7) is 0.226. The van der Waals surface area contributed by atoms with Gasteiger partial charge in [0, 0.05) is 5.02 Å². The maximum Gasteiger partial charge on any atom is 0.293 e. The van der Waals surface area contributed by atoms with E-state index in [0.717, 1.165) is 28.3 Å². The van der Waals surface area contributed by atoms with Crippen molar-refractivity contribution in [3.05, 3.63) is 103 Å². The first-order valence-electron chi connectivity index (χ1n) is 9.66. The van der Waals surface area contributed by atoms with Gasteiger partial charge in [-0.15, -0.1) is 0 Å². The average molecular weight is 551 g/mol. The maximum absolute atomic E-state index is 13.3. The minimum atomic E-state index is -0.492. The van der Waals surface area contributed by atoms with Gasteiger partial charge in [0.05, 0.1) is 15.9 Å². The van der Waals surface area contributed by atoms with Gasteiger partial charge in [-0.1, -0.05) is 35.9 Å². The Labute approximate surface area is 206 Å². The molecule has 0 atom stereocenters. The number of rotatable bonds is 6. The molecule has 1 heterocycles. The summed E-state index contributed by atoms with van der Waals surface area (Å²) in [4.78, 5) is 26.5. The number of carbonyl (C=O) groups excluding carboxylic acids is 2. The highest BCUT2D eigenvalue weighted by Gasteiger charge is 2.35. The molecule has 4 rings (SSSR count). The van der Waals surface area contributed by atoms with Crippen LogP contribution in [0.3, 0.4) is 0 Å². The van der Waals surface area contributed by atoms with Crippen LogP contribution in [0.1, 0.15) is 16.7 Å². The second kappa shape index (κ2) is 10.1. The van der Waals surface area contributed by atoms with Crippen LogP contribution < -0.4 is 4.74 Å². The molecule has 0 saturated carbocycles. The van der Waals surface area contributed by atoms with Crippen LogP contribution in [-0.4, -0.2) is 16.0 Å². The van der Waals surface area contributed by atoms with E-state index in [2.05, 4.69) is 15.9 Å². The van der Waals surface area contributed by atoms with E-state index >= 15 is 0 Å². The zero-order valence-electron chi connectivity index (χ0n) is 16.9.